The number of aromatic nitrogens is 2. The van der Waals surface area contributed by atoms with Gasteiger partial charge >= 0.3 is 0 Å². The first-order chi connectivity index (χ1) is 8.14. The predicted octanol–water partition coefficient (Wildman–Crippen LogP) is 2.00. The molecule has 1 atom stereocenters. The number of nitrogens with zero attached hydrogens (tertiary/aromatic N) is 2. The zero-order valence-corrected chi connectivity index (χ0v) is 11.8. The van der Waals surface area contributed by atoms with E-state index in [0.717, 1.165) is 6.42 Å². The second kappa shape index (κ2) is 3.96. The van der Waals surface area contributed by atoms with Crippen LogP contribution in [0.25, 0.3) is 0 Å². The number of hydrogen-bond acceptors (Lipinski definition) is 4. The Bertz CT molecular complexity index is 537. The topological polar surface area (TPSA) is 70.1 Å². The maximum atomic E-state index is 12.1. The van der Waals surface area contributed by atoms with Crippen LogP contribution in [0.5, 0.6) is 0 Å². The van der Waals surface area contributed by atoms with Crippen molar-refractivity contribution < 1.29 is 4.74 Å². The van der Waals surface area contributed by atoms with Crippen LogP contribution in [-0.4, -0.2) is 20.8 Å². The Hall–Kier alpha value is -1.07. The van der Waals surface area contributed by atoms with E-state index in [1.807, 2.05) is 27.7 Å². The van der Waals surface area contributed by atoms with Crippen LogP contribution in [0.3, 0.4) is 0 Å². The number of hydrogen-bond donors (Lipinski definition) is 1. The number of halogens is 1. The lowest BCUT2D eigenvalue weighted by atomic mass is 9.94. The Morgan fingerprint density at radius 2 is 2.11 bits per heavy atom. The highest BCUT2D eigenvalue weighted by Crippen LogP contribution is 2.44. The summed E-state index contributed by atoms with van der Waals surface area (Å²) in [5.74, 6) is 0. The van der Waals surface area contributed by atoms with Crippen LogP contribution in [0, 0.1) is 0 Å². The molecule has 0 saturated carbocycles. The van der Waals surface area contributed by atoms with Crippen molar-refractivity contribution in [1.82, 2.24) is 9.55 Å². The molecule has 0 radical (unpaired) electrons. The van der Waals surface area contributed by atoms with Crippen molar-refractivity contribution in [3.8, 4) is 0 Å². The molecule has 6 heteroatoms. The van der Waals surface area contributed by atoms with Gasteiger partial charge in [0.05, 0.1) is 23.6 Å². The smallest absolute Gasteiger partial charge is 0.278 e. The van der Waals surface area contributed by atoms with E-state index in [1.54, 1.807) is 0 Å². The Morgan fingerprint density at radius 3 is 2.61 bits per heavy atom. The molecule has 2 rings (SSSR count). The van der Waals surface area contributed by atoms with Crippen LogP contribution in [0.1, 0.15) is 40.2 Å². The molecule has 1 aromatic rings. The summed E-state index contributed by atoms with van der Waals surface area (Å²) in [7, 11) is 0. The minimum absolute atomic E-state index is 0.0142. The fourth-order valence-corrected chi connectivity index (χ4v) is 2.78. The van der Waals surface area contributed by atoms with Gasteiger partial charge in [0.2, 0.25) is 0 Å². The highest BCUT2D eigenvalue weighted by molar-refractivity contribution is 6.31. The van der Waals surface area contributed by atoms with Crippen molar-refractivity contribution in [1.29, 1.82) is 0 Å². The normalized spacial score (nSPS) is 25.3. The van der Waals surface area contributed by atoms with Crippen molar-refractivity contribution in [2.24, 2.45) is 0 Å². The van der Waals surface area contributed by atoms with E-state index >= 15 is 0 Å². The van der Waals surface area contributed by atoms with E-state index < -0.39 is 5.60 Å². The second-order valence-electron chi connectivity index (χ2n) is 5.85. The fraction of sp³-hybridized carbons (Fsp3) is 0.667. The molecule has 18 heavy (non-hydrogen) atoms. The third-order valence-electron chi connectivity index (χ3n) is 3.35. The number of rotatable bonds is 1. The highest BCUT2D eigenvalue weighted by atomic mass is 35.5. The summed E-state index contributed by atoms with van der Waals surface area (Å²) >= 11 is 5.74. The molecule has 0 aliphatic carbocycles. The van der Waals surface area contributed by atoms with Gasteiger partial charge in [0.1, 0.15) is 5.69 Å². The lowest BCUT2D eigenvalue weighted by molar-refractivity contribution is -0.0732. The van der Waals surface area contributed by atoms with Crippen molar-refractivity contribution in [2.45, 2.75) is 51.4 Å². The Morgan fingerprint density at radius 1 is 1.50 bits per heavy atom. The molecule has 0 aromatic carbocycles. The summed E-state index contributed by atoms with van der Waals surface area (Å²) in [5.41, 5.74) is 4.59. The van der Waals surface area contributed by atoms with E-state index in [9.17, 15) is 4.79 Å². The molecule has 1 unspecified atom stereocenters. The molecule has 2 N–H and O–H groups in total. The summed E-state index contributed by atoms with van der Waals surface area (Å²) in [4.78, 5) is 16.1. The third kappa shape index (κ3) is 2.12. The maximum absolute atomic E-state index is 12.1. The molecule has 100 valence electrons. The quantitative estimate of drug-likeness (QED) is 0.793. The van der Waals surface area contributed by atoms with Crippen molar-refractivity contribution in [3.05, 3.63) is 21.8 Å². The van der Waals surface area contributed by atoms with Crippen LogP contribution in [0.2, 0.25) is 5.15 Å². The molecular weight excluding hydrogens is 254 g/mol. The minimum atomic E-state index is -0.449. The SMILES string of the molecule is CC1(C)CC(n2cnc(Cl)c(N)c2=O)C(C)(C)O1. The first kappa shape index (κ1) is 13.4. The minimum Gasteiger partial charge on any atom is -0.392 e. The highest BCUT2D eigenvalue weighted by Gasteiger charge is 2.47. The van der Waals surface area contributed by atoms with Crippen molar-refractivity contribution in [3.63, 3.8) is 0 Å². The first-order valence-electron chi connectivity index (χ1n) is 5.86. The summed E-state index contributed by atoms with van der Waals surface area (Å²) in [5, 5.41) is 0.0484. The lowest BCUT2D eigenvalue weighted by Gasteiger charge is -2.28. The van der Waals surface area contributed by atoms with Crippen molar-refractivity contribution in [2.75, 3.05) is 5.73 Å². The van der Waals surface area contributed by atoms with Gasteiger partial charge in [-0.1, -0.05) is 11.6 Å². The molecule has 1 aliphatic rings. The number of anilines is 1. The van der Waals surface area contributed by atoms with Gasteiger partial charge in [-0.2, -0.15) is 0 Å². The zero-order chi connectivity index (χ0) is 13.7. The van der Waals surface area contributed by atoms with E-state index in [4.69, 9.17) is 22.1 Å². The molecule has 0 amide bonds. The van der Waals surface area contributed by atoms with Crippen LogP contribution in [0.15, 0.2) is 11.1 Å². The van der Waals surface area contributed by atoms with Gasteiger partial charge < -0.3 is 10.5 Å². The second-order valence-corrected chi connectivity index (χ2v) is 6.20. The van der Waals surface area contributed by atoms with Crippen LogP contribution in [0.4, 0.5) is 5.69 Å². The van der Waals surface area contributed by atoms with Gasteiger partial charge in [0.25, 0.3) is 5.56 Å². The lowest BCUT2D eigenvalue weighted by Crippen LogP contribution is -2.37. The predicted molar refractivity (Wildman–Crippen MR) is 70.8 cm³/mol. The average Bonchev–Trinajstić information content (AvgIpc) is 2.44. The van der Waals surface area contributed by atoms with E-state index in [2.05, 4.69) is 4.98 Å². The van der Waals surface area contributed by atoms with Crippen LogP contribution in [-0.2, 0) is 4.74 Å². The maximum Gasteiger partial charge on any atom is 0.278 e. The van der Waals surface area contributed by atoms with Gasteiger partial charge in [-0.3, -0.25) is 9.36 Å². The van der Waals surface area contributed by atoms with Crippen LogP contribution < -0.4 is 11.3 Å². The van der Waals surface area contributed by atoms with Gasteiger partial charge in [0.15, 0.2) is 5.15 Å². The first-order valence-corrected chi connectivity index (χ1v) is 6.24. The fourth-order valence-electron chi connectivity index (χ4n) is 2.65. The average molecular weight is 272 g/mol. The monoisotopic (exact) mass is 271 g/mol. The van der Waals surface area contributed by atoms with Gasteiger partial charge in [-0.25, -0.2) is 4.98 Å². The largest absolute Gasteiger partial charge is 0.392 e. The van der Waals surface area contributed by atoms with E-state index in [1.165, 1.54) is 10.9 Å². The molecule has 1 saturated heterocycles. The van der Waals surface area contributed by atoms with Crippen molar-refractivity contribution >= 4 is 17.3 Å². The zero-order valence-electron chi connectivity index (χ0n) is 11.0. The number of nitrogen functional groups attached to an aromatic ring is 1. The molecule has 2 heterocycles. The van der Waals surface area contributed by atoms with Gasteiger partial charge in [-0.15, -0.1) is 0 Å². The molecule has 0 spiro atoms. The summed E-state index contributed by atoms with van der Waals surface area (Å²) < 4.78 is 7.49. The Labute approximate surface area is 111 Å². The van der Waals surface area contributed by atoms with E-state index in [0.29, 0.717) is 0 Å². The summed E-state index contributed by atoms with van der Waals surface area (Å²) in [6, 6.07) is -0.105. The summed E-state index contributed by atoms with van der Waals surface area (Å²) in [6.07, 6.45) is 2.17. The summed E-state index contributed by atoms with van der Waals surface area (Å²) in [6.45, 7) is 7.94. The molecule has 1 aromatic heterocycles. The molecular formula is C12H18ClN3O2. The molecule has 5 nitrogen and oxygen atoms in total. The number of ether oxygens (including phenoxy) is 1. The van der Waals surface area contributed by atoms with Gasteiger partial charge in [0, 0.05) is 0 Å². The third-order valence-corrected chi connectivity index (χ3v) is 3.65. The standard InChI is InChI=1S/C12H18ClN3O2/c1-11(2)5-7(12(3,4)18-11)16-6-15-9(13)8(14)10(16)17/h6-7H,5,14H2,1-4H3. The Kier molecular flexibility index (Phi) is 2.94. The molecule has 1 aliphatic heterocycles. The number of nitrogens with two attached hydrogens (primary N) is 1. The van der Waals surface area contributed by atoms with Gasteiger partial charge in [-0.05, 0) is 34.1 Å². The van der Waals surface area contributed by atoms with Crippen LogP contribution >= 0.6 is 11.6 Å². The Balaban J connectivity index is 2.51. The molecule has 1 fully saturated rings. The molecule has 0 bridgehead atoms. The van der Waals surface area contributed by atoms with E-state index in [-0.39, 0.29) is 28.0 Å².